The van der Waals surface area contributed by atoms with Crippen molar-refractivity contribution in [3.05, 3.63) is 48.6 Å². The minimum absolute atomic E-state index is 0.153. The molecule has 0 aliphatic rings. The van der Waals surface area contributed by atoms with Crippen LogP contribution in [0.2, 0.25) is 0 Å². The van der Waals surface area contributed by atoms with Gasteiger partial charge in [-0.15, -0.1) is 0 Å². The zero-order chi connectivity index (χ0) is 54.1. The smallest absolute Gasteiger partial charge is 0.462 e. The maximum absolute atomic E-state index is 12.9. The summed E-state index contributed by atoms with van der Waals surface area (Å²) in [6.45, 7) is 4.61. The van der Waals surface area contributed by atoms with Crippen LogP contribution in [0, 0.1) is 0 Å². The minimum atomic E-state index is -4.75. The fourth-order valence-electron chi connectivity index (χ4n) is 8.54. The number of carbonyl (C=O) groups excluding carboxylic acids is 3. The van der Waals surface area contributed by atoms with Gasteiger partial charge in [0.25, 0.3) is 0 Å². The van der Waals surface area contributed by atoms with Crippen molar-refractivity contribution >= 4 is 25.7 Å². The predicted octanol–water partition coefficient (Wildman–Crippen LogP) is 18.1. The molecule has 11 nitrogen and oxygen atoms in total. The van der Waals surface area contributed by atoms with Gasteiger partial charge in [0.2, 0.25) is 0 Å². The Bertz CT molecular complexity index is 1430. The number of hydrogen-bond acceptors (Lipinski definition) is 10. The second-order valence-corrected chi connectivity index (χ2v) is 22.0. The Morgan fingerprint density at radius 3 is 1.03 bits per heavy atom. The number of phosphoric ester groups is 1. The lowest BCUT2D eigenvalue weighted by Crippen LogP contribution is -2.30. The van der Waals surface area contributed by atoms with E-state index in [0.717, 1.165) is 109 Å². The Morgan fingerprint density at radius 1 is 0.378 bits per heavy atom. The summed E-state index contributed by atoms with van der Waals surface area (Å²) in [4.78, 5) is 48.6. The maximum Gasteiger partial charge on any atom is 0.472 e. The van der Waals surface area contributed by atoms with Gasteiger partial charge in [0.15, 0.2) is 6.10 Å². The molecule has 432 valence electrons. The zero-order valence-electron chi connectivity index (χ0n) is 47.8. The number of aliphatic hydroxyl groups is 1. The Kier molecular flexibility index (Phi) is 54.7. The molecule has 0 fully saturated rings. The molecule has 0 saturated heterocycles. The Hall–Kier alpha value is -2.56. The van der Waals surface area contributed by atoms with Crippen LogP contribution >= 0.6 is 7.82 Å². The molecule has 0 rings (SSSR count). The fourth-order valence-corrected chi connectivity index (χ4v) is 9.32. The summed E-state index contributed by atoms with van der Waals surface area (Å²) in [6.07, 6.45) is 60.6. The number of rotatable bonds is 57. The summed E-state index contributed by atoms with van der Waals surface area (Å²) in [5.41, 5.74) is 0. The van der Waals surface area contributed by atoms with Crippen molar-refractivity contribution in [1.29, 1.82) is 0 Å². The van der Waals surface area contributed by atoms with Gasteiger partial charge in [0.05, 0.1) is 19.8 Å². The predicted molar refractivity (Wildman–Crippen MR) is 307 cm³/mol. The third-order valence-electron chi connectivity index (χ3n) is 13.2. The van der Waals surface area contributed by atoms with Crippen molar-refractivity contribution in [3.8, 4) is 0 Å². The topological polar surface area (TPSA) is 155 Å². The van der Waals surface area contributed by atoms with E-state index in [0.29, 0.717) is 19.3 Å². The van der Waals surface area contributed by atoms with E-state index < -0.39 is 57.8 Å². The number of ether oxygens (including phenoxy) is 3. The highest BCUT2D eigenvalue weighted by molar-refractivity contribution is 7.47. The molecule has 12 heteroatoms. The van der Waals surface area contributed by atoms with Crippen LogP contribution in [0.5, 0.6) is 0 Å². The monoisotopic (exact) mass is 1060 g/mol. The van der Waals surface area contributed by atoms with Gasteiger partial charge in [-0.3, -0.25) is 23.4 Å². The summed E-state index contributed by atoms with van der Waals surface area (Å²) >= 11 is 0. The van der Waals surface area contributed by atoms with Gasteiger partial charge in [-0.25, -0.2) is 4.57 Å². The van der Waals surface area contributed by atoms with Gasteiger partial charge in [0.1, 0.15) is 12.7 Å². The molecular formula is C62H113O11P. The molecule has 0 amide bonds. The summed E-state index contributed by atoms with van der Waals surface area (Å²) in [5, 5.41) is 9.82. The zero-order valence-corrected chi connectivity index (χ0v) is 48.7. The first kappa shape index (κ1) is 71.4. The number of aliphatic hydroxyl groups excluding tert-OH is 1. The third kappa shape index (κ3) is 54.2. The van der Waals surface area contributed by atoms with E-state index in [2.05, 4.69) is 69.4 Å². The summed E-state index contributed by atoms with van der Waals surface area (Å²) < 4.78 is 39.6. The van der Waals surface area contributed by atoms with Crippen molar-refractivity contribution in [2.24, 2.45) is 0 Å². The molecule has 0 aliphatic heterocycles. The van der Waals surface area contributed by atoms with Gasteiger partial charge >= 0.3 is 25.7 Å². The van der Waals surface area contributed by atoms with E-state index >= 15 is 0 Å². The van der Waals surface area contributed by atoms with Gasteiger partial charge < -0.3 is 24.2 Å². The molecule has 0 aromatic rings. The van der Waals surface area contributed by atoms with Crippen LogP contribution in [0.1, 0.15) is 290 Å². The molecule has 0 radical (unpaired) electrons. The lowest BCUT2D eigenvalue weighted by Gasteiger charge is -2.21. The maximum atomic E-state index is 12.9. The van der Waals surface area contributed by atoms with Crippen LogP contribution in [-0.4, -0.2) is 66.5 Å². The molecule has 0 aromatic carbocycles. The first-order chi connectivity index (χ1) is 36.2. The molecule has 0 aromatic heterocycles. The molecule has 0 bridgehead atoms. The largest absolute Gasteiger partial charge is 0.472 e. The molecule has 3 unspecified atom stereocenters. The van der Waals surface area contributed by atoms with E-state index in [1.54, 1.807) is 0 Å². The summed E-state index contributed by atoms with van der Waals surface area (Å²) in [7, 11) is -4.75. The van der Waals surface area contributed by atoms with Crippen molar-refractivity contribution in [2.45, 2.75) is 303 Å². The molecule has 0 heterocycles. The Labute approximate surface area is 453 Å². The van der Waals surface area contributed by atoms with Crippen LogP contribution in [0.3, 0.4) is 0 Å². The minimum Gasteiger partial charge on any atom is -0.462 e. The van der Waals surface area contributed by atoms with Crippen LogP contribution in [0.15, 0.2) is 48.6 Å². The van der Waals surface area contributed by atoms with Crippen LogP contribution in [0.25, 0.3) is 0 Å². The number of hydrogen-bond donors (Lipinski definition) is 2. The highest BCUT2D eigenvalue weighted by Crippen LogP contribution is 2.43. The van der Waals surface area contributed by atoms with Crippen molar-refractivity contribution in [1.82, 2.24) is 0 Å². The summed E-state index contributed by atoms with van der Waals surface area (Å²) in [6, 6.07) is 0. The number of carbonyl (C=O) groups is 3. The lowest BCUT2D eigenvalue weighted by molar-refractivity contribution is -0.161. The standard InChI is InChI=1S/C62H113O11P/c1-4-7-10-13-16-19-22-25-28-29-32-33-36-39-42-45-48-51-60(64)69-55-59(73-62(66)53-50-47-44-41-38-35-31-27-24-21-18-15-12-9-6-3)57-71-74(67,68)70-56-58(54-63)72-61(65)52-49-46-43-40-37-34-30-26-23-20-17-14-11-8-5-2/h17-18,20-21,26-27,30-31,58-59,63H,4-16,19,22-25,28-29,32-57H2,1-3H3,(H,67,68)/b20-17-,21-18-,30-26-,31-27-. The molecule has 0 saturated carbocycles. The first-order valence-corrected chi connectivity index (χ1v) is 32.0. The van der Waals surface area contributed by atoms with Crippen LogP contribution in [-0.2, 0) is 42.2 Å². The van der Waals surface area contributed by atoms with Crippen molar-refractivity contribution in [3.63, 3.8) is 0 Å². The normalized spacial score (nSPS) is 13.6. The SMILES string of the molecule is CCCCC/C=C\C/C=C\CCCCCCCC(=O)OC(CO)COP(=O)(O)OCC(COC(=O)CCCCCCCCCCCCCCCCCCC)OC(=O)CCCCCCC/C=C\C/C=C\CCCCC. The van der Waals surface area contributed by atoms with E-state index in [4.69, 9.17) is 23.3 Å². The molecular weight excluding hydrogens is 952 g/mol. The highest BCUT2D eigenvalue weighted by Gasteiger charge is 2.28. The molecule has 3 atom stereocenters. The van der Waals surface area contributed by atoms with E-state index in [9.17, 15) is 28.9 Å². The average molecular weight is 1070 g/mol. The number of phosphoric acid groups is 1. The molecule has 74 heavy (non-hydrogen) atoms. The van der Waals surface area contributed by atoms with Gasteiger partial charge in [-0.2, -0.15) is 0 Å². The second-order valence-electron chi connectivity index (χ2n) is 20.5. The van der Waals surface area contributed by atoms with E-state index in [-0.39, 0.29) is 25.9 Å². The highest BCUT2D eigenvalue weighted by atomic mass is 31.2. The second kappa shape index (κ2) is 56.6. The van der Waals surface area contributed by atoms with Crippen LogP contribution < -0.4 is 0 Å². The lowest BCUT2D eigenvalue weighted by atomic mass is 10.0. The Balaban J connectivity index is 4.71. The van der Waals surface area contributed by atoms with Crippen molar-refractivity contribution in [2.75, 3.05) is 26.4 Å². The Morgan fingerprint density at radius 2 is 0.662 bits per heavy atom. The summed E-state index contributed by atoms with van der Waals surface area (Å²) in [5.74, 6) is -1.48. The first-order valence-electron chi connectivity index (χ1n) is 30.5. The third-order valence-corrected chi connectivity index (χ3v) is 14.2. The molecule has 0 aliphatic carbocycles. The number of allylic oxidation sites excluding steroid dienone is 8. The quantitative estimate of drug-likeness (QED) is 0.0197. The molecule has 0 spiro atoms. The van der Waals surface area contributed by atoms with Gasteiger partial charge in [0, 0.05) is 19.3 Å². The average Bonchev–Trinajstić information content (AvgIpc) is 3.39. The van der Waals surface area contributed by atoms with E-state index in [1.807, 2.05) is 0 Å². The number of unbranched alkanes of at least 4 members (excludes halogenated alkanes) is 32. The molecule has 2 N–H and O–H groups in total. The van der Waals surface area contributed by atoms with Crippen LogP contribution in [0.4, 0.5) is 0 Å². The number of esters is 3. The fraction of sp³-hybridized carbons (Fsp3) is 0.823. The van der Waals surface area contributed by atoms with Gasteiger partial charge in [-0.1, -0.05) is 236 Å². The van der Waals surface area contributed by atoms with Gasteiger partial charge in [-0.05, 0) is 83.5 Å². The van der Waals surface area contributed by atoms with E-state index in [1.165, 1.54) is 122 Å². The van der Waals surface area contributed by atoms with Crippen molar-refractivity contribution < 1.29 is 52.2 Å².